The molecule has 4 aromatic heterocycles. The molecule has 4 aromatic carbocycles. The maximum Gasteiger partial charge on any atom is 0.146 e. The summed E-state index contributed by atoms with van der Waals surface area (Å²) in [4.78, 5) is 4.06. The van der Waals surface area contributed by atoms with Gasteiger partial charge in [-0.15, -0.1) is 28.1 Å². The number of hydrogen-bond acceptors (Lipinski definition) is 2. The lowest BCUT2D eigenvalue weighted by atomic mass is 9.92. The molecular formula is C39H48N6O2. The first kappa shape index (κ1) is 30.9. The second-order valence-corrected chi connectivity index (χ2v) is 13.6. The highest BCUT2D eigenvalue weighted by molar-refractivity contribution is 5.80. The van der Waals surface area contributed by atoms with Gasteiger partial charge in [-0.25, -0.2) is 0 Å². The van der Waals surface area contributed by atoms with Crippen LogP contribution in [-0.2, 0) is 0 Å². The van der Waals surface area contributed by atoms with Gasteiger partial charge in [0, 0.05) is 0 Å². The first-order valence-corrected chi connectivity index (χ1v) is 17.4. The Hall–Kier alpha value is -4.72. The molecule has 2 N–H and O–H groups in total. The maximum atomic E-state index is 11.1. The molecule has 0 saturated carbocycles. The number of aryl methyl sites for hydroxylation is 3. The van der Waals surface area contributed by atoms with Crippen molar-refractivity contribution >= 4 is 22.1 Å². The quantitative estimate of drug-likeness (QED) is 0.132. The van der Waals surface area contributed by atoms with Crippen molar-refractivity contribution in [3.8, 4) is 22.9 Å². The van der Waals surface area contributed by atoms with Crippen LogP contribution in [0, 0.1) is 20.8 Å². The summed E-state index contributed by atoms with van der Waals surface area (Å²) in [5, 5.41) is 21.2. The average molecular weight is 633 g/mol. The SMILES string of the molecule is CCCCCCCCCCC(C)c1cc(C)cc(-n2n3c4ccccc4n23)c1O.Cc1cc(C)c(O)c(-n2n3c4ccccc4n23)c1. The number of para-hydroxylation sites is 4. The van der Waals surface area contributed by atoms with Gasteiger partial charge in [0.05, 0.1) is 0 Å². The molecule has 0 bridgehead atoms. The fraction of sp³-hybridized carbons (Fsp3) is 0.385. The molecule has 0 aliphatic heterocycles. The number of phenolic OH excluding ortho intramolecular Hbond substituents is 2. The minimum atomic E-state index is 0.348. The topological polar surface area (TPSA) is 68.0 Å². The van der Waals surface area contributed by atoms with E-state index in [4.69, 9.17) is 0 Å². The Morgan fingerprint density at radius 1 is 0.553 bits per heavy atom. The van der Waals surface area contributed by atoms with Crippen LogP contribution in [0.5, 0.6) is 11.5 Å². The molecule has 0 aliphatic rings. The van der Waals surface area contributed by atoms with Gasteiger partial charge in [-0.1, -0.05) is 102 Å². The van der Waals surface area contributed by atoms with E-state index >= 15 is 0 Å². The number of rotatable bonds is 12. The fourth-order valence-corrected chi connectivity index (χ4v) is 7.14. The van der Waals surface area contributed by atoms with Crippen molar-refractivity contribution in [3.63, 3.8) is 0 Å². The van der Waals surface area contributed by atoms with Gasteiger partial charge in [-0.05, 0) is 91.8 Å². The zero-order valence-corrected chi connectivity index (χ0v) is 28.4. The third-order valence-corrected chi connectivity index (χ3v) is 9.78. The molecule has 0 radical (unpaired) electrons. The van der Waals surface area contributed by atoms with E-state index in [0.29, 0.717) is 17.4 Å². The number of hydrogen-bond donors (Lipinski definition) is 2. The highest BCUT2D eigenvalue weighted by atomic mass is 16.3. The van der Waals surface area contributed by atoms with Gasteiger partial charge < -0.3 is 10.2 Å². The van der Waals surface area contributed by atoms with Crippen molar-refractivity contribution in [1.82, 2.24) is 28.1 Å². The molecule has 8 aromatic rings. The molecule has 1 atom stereocenters. The van der Waals surface area contributed by atoms with Crippen molar-refractivity contribution in [2.75, 3.05) is 0 Å². The van der Waals surface area contributed by atoms with Crippen LogP contribution in [0.3, 0.4) is 0 Å². The van der Waals surface area contributed by atoms with Gasteiger partial charge >= 0.3 is 0 Å². The molecule has 4 heterocycles. The molecule has 0 spiro atoms. The van der Waals surface area contributed by atoms with Gasteiger partial charge in [0.25, 0.3) is 0 Å². The van der Waals surface area contributed by atoms with Crippen molar-refractivity contribution in [3.05, 3.63) is 95.1 Å². The minimum Gasteiger partial charge on any atom is -0.505 e. The molecular weight excluding hydrogens is 584 g/mol. The molecule has 0 aliphatic carbocycles. The van der Waals surface area contributed by atoms with Crippen LogP contribution in [0.2, 0.25) is 0 Å². The Morgan fingerprint density at radius 2 is 0.979 bits per heavy atom. The van der Waals surface area contributed by atoms with E-state index in [-0.39, 0.29) is 0 Å². The van der Waals surface area contributed by atoms with E-state index in [1.807, 2.05) is 52.2 Å². The first-order valence-electron chi connectivity index (χ1n) is 17.4. The highest BCUT2D eigenvalue weighted by Gasteiger charge is 2.28. The lowest BCUT2D eigenvalue weighted by Crippen LogP contribution is -1.99. The Morgan fingerprint density at radius 3 is 1.47 bits per heavy atom. The monoisotopic (exact) mass is 632 g/mol. The predicted molar refractivity (Wildman–Crippen MR) is 191 cm³/mol. The number of phenols is 2. The Bertz CT molecular complexity index is 2150. The molecule has 8 heteroatoms. The summed E-state index contributed by atoms with van der Waals surface area (Å²) in [6.07, 6.45) is 11.9. The molecule has 1 unspecified atom stereocenters. The van der Waals surface area contributed by atoms with Crippen LogP contribution in [0.25, 0.3) is 33.4 Å². The summed E-state index contributed by atoms with van der Waals surface area (Å²) in [5.74, 6) is 1.16. The van der Waals surface area contributed by atoms with Crippen LogP contribution in [0.1, 0.15) is 99.8 Å². The van der Waals surface area contributed by atoms with Crippen LogP contribution in [0.4, 0.5) is 0 Å². The van der Waals surface area contributed by atoms with Gasteiger partial charge in [-0.2, -0.15) is 0 Å². The third-order valence-electron chi connectivity index (χ3n) is 9.78. The van der Waals surface area contributed by atoms with Gasteiger partial charge in [0.1, 0.15) is 44.9 Å². The van der Waals surface area contributed by atoms with E-state index in [0.717, 1.165) is 34.5 Å². The lowest BCUT2D eigenvalue weighted by Gasteiger charge is -2.16. The van der Waals surface area contributed by atoms with E-state index in [2.05, 4.69) is 83.4 Å². The van der Waals surface area contributed by atoms with Crippen molar-refractivity contribution in [2.24, 2.45) is 0 Å². The van der Waals surface area contributed by atoms with Crippen LogP contribution in [-0.4, -0.2) is 38.3 Å². The number of aromatic hydroxyl groups is 2. The summed E-state index contributed by atoms with van der Waals surface area (Å²) in [6, 6.07) is 24.8. The average Bonchev–Trinajstić information content (AvgIpc) is 3.93. The summed E-state index contributed by atoms with van der Waals surface area (Å²) in [5.41, 5.74) is 10.8. The summed E-state index contributed by atoms with van der Waals surface area (Å²) < 4.78 is 8.31. The molecule has 8 nitrogen and oxygen atoms in total. The molecule has 0 saturated heterocycles. The predicted octanol–water partition coefficient (Wildman–Crippen LogP) is 9.81. The van der Waals surface area contributed by atoms with Gasteiger partial charge in [0.2, 0.25) is 0 Å². The van der Waals surface area contributed by atoms with E-state index in [1.54, 1.807) is 0 Å². The number of benzene rings is 4. The highest BCUT2D eigenvalue weighted by Crippen LogP contribution is 2.38. The second kappa shape index (κ2) is 12.5. The molecule has 8 rings (SSSR count). The van der Waals surface area contributed by atoms with Crippen molar-refractivity contribution in [2.45, 2.75) is 98.3 Å². The Balaban J connectivity index is 0.000000166. The Kier molecular flexibility index (Phi) is 8.20. The summed E-state index contributed by atoms with van der Waals surface area (Å²) in [7, 11) is 0. The van der Waals surface area contributed by atoms with Crippen molar-refractivity contribution in [1.29, 1.82) is 0 Å². The maximum absolute atomic E-state index is 11.1. The number of aromatic nitrogens is 6. The molecule has 0 fully saturated rings. The largest absolute Gasteiger partial charge is 0.505 e. The minimum absolute atomic E-state index is 0.348. The number of fused-ring (bicyclic) bond motifs is 8. The van der Waals surface area contributed by atoms with Gasteiger partial charge in [0.15, 0.2) is 0 Å². The smallest absolute Gasteiger partial charge is 0.146 e. The van der Waals surface area contributed by atoms with E-state index in [9.17, 15) is 10.2 Å². The lowest BCUT2D eigenvalue weighted by molar-refractivity contribution is 0.453. The van der Waals surface area contributed by atoms with E-state index in [1.165, 1.54) is 79.0 Å². The number of unbranched alkanes of at least 4 members (excludes halogenated alkanes) is 7. The summed E-state index contributed by atoms with van der Waals surface area (Å²) >= 11 is 0. The zero-order valence-electron chi connectivity index (χ0n) is 28.4. The molecule has 246 valence electrons. The Labute approximate surface area is 276 Å². The normalized spacial score (nSPS) is 12.8. The third kappa shape index (κ3) is 5.53. The fourth-order valence-electron chi connectivity index (χ4n) is 7.14. The summed E-state index contributed by atoms with van der Waals surface area (Å²) in [6.45, 7) is 10.6. The van der Waals surface area contributed by atoms with Crippen molar-refractivity contribution < 1.29 is 10.2 Å². The number of nitrogens with zero attached hydrogens (tertiary/aromatic N) is 6. The first-order chi connectivity index (χ1) is 22.8. The van der Waals surface area contributed by atoms with Crippen LogP contribution < -0.4 is 0 Å². The van der Waals surface area contributed by atoms with Crippen LogP contribution >= 0.6 is 0 Å². The standard InChI is InChI=1S/C25H35N3O.C14H13N3O/c1-4-5-6-7-8-9-10-11-14-20(3)21-17-19(2)18-24(25(21)29)28-26-22-15-12-13-16-23(22)27(26)28;1-9-7-10(2)14(18)13(8-9)17-15-11-5-3-4-6-12(11)16(15)17/h12-13,15-18,20,29H,4-11,14H2,1-3H3;3-8,18H,1-2H3. The van der Waals surface area contributed by atoms with Gasteiger partial charge in [-0.3, -0.25) is 0 Å². The molecule has 47 heavy (non-hydrogen) atoms. The molecule has 0 amide bonds. The van der Waals surface area contributed by atoms with Crippen LogP contribution in [0.15, 0.2) is 72.8 Å². The second-order valence-electron chi connectivity index (χ2n) is 13.6. The zero-order chi connectivity index (χ0) is 32.8. The van der Waals surface area contributed by atoms with E-state index < -0.39 is 0 Å².